The molecule has 0 fully saturated rings. The number of anilines is 1. The van der Waals surface area contributed by atoms with Gasteiger partial charge in [0.25, 0.3) is 5.91 Å². The van der Waals surface area contributed by atoms with E-state index in [9.17, 15) is 14.4 Å². The third-order valence-corrected chi connectivity index (χ3v) is 4.78. The summed E-state index contributed by atoms with van der Waals surface area (Å²) in [5.41, 5.74) is 8.48. The van der Waals surface area contributed by atoms with Crippen LogP contribution in [-0.4, -0.2) is 24.3 Å². The standard InChI is InChI=1S/C21H24BrN3O4/c1-13-4-7-18(17(22)10-13)29-12-21(28)25-24-20(27)9-8-19(26)23-16-6-5-14(2)15(3)11-16/h4-7,10-11H,8-9,12H2,1-3H3,(H,23,26)(H,24,27)(H,25,28). The molecule has 3 N–H and O–H groups in total. The lowest BCUT2D eigenvalue weighted by Gasteiger charge is -2.10. The van der Waals surface area contributed by atoms with Crippen molar-refractivity contribution in [3.63, 3.8) is 0 Å². The Labute approximate surface area is 178 Å². The van der Waals surface area contributed by atoms with Crippen molar-refractivity contribution in [2.24, 2.45) is 0 Å². The molecule has 0 spiro atoms. The number of hydrazine groups is 1. The van der Waals surface area contributed by atoms with E-state index in [4.69, 9.17) is 4.74 Å². The Morgan fingerprint density at radius 3 is 2.24 bits per heavy atom. The van der Waals surface area contributed by atoms with Crippen LogP contribution in [0, 0.1) is 20.8 Å². The minimum atomic E-state index is -0.509. The smallest absolute Gasteiger partial charge is 0.276 e. The van der Waals surface area contributed by atoms with Gasteiger partial charge in [-0.15, -0.1) is 0 Å². The second-order valence-corrected chi connectivity index (χ2v) is 7.52. The highest BCUT2D eigenvalue weighted by Gasteiger charge is 2.10. The minimum Gasteiger partial charge on any atom is -0.483 e. The molecule has 154 valence electrons. The van der Waals surface area contributed by atoms with Crippen molar-refractivity contribution >= 4 is 39.3 Å². The molecule has 0 saturated carbocycles. The number of hydrogen-bond donors (Lipinski definition) is 3. The lowest BCUT2D eigenvalue weighted by Crippen LogP contribution is -2.44. The highest BCUT2D eigenvalue weighted by molar-refractivity contribution is 9.10. The van der Waals surface area contributed by atoms with E-state index < -0.39 is 11.8 Å². The molecule has 0 aromatic heterocycles. The summed E-state index contributed by atoms with van der Waals surface area (Å²) in [5, 5.41) is 2.75. The average molecular weight is 462 g/mol. The zero-order valence-electron chi connectivity index (χ0n) is 16.6. The van der Waals surface area contributed by atoms with Crippen LogP contribution < -0.4 is 20.9 Å². The molecular weight excluding hydrogens is 438 g/mol. The predicted molar refractivity (Wildman–Crippen MR) is 114 cm³/mol. The number of benzene rings is 2. The largest absolute Gasteiger partial charge is 0.483 e. The van der Waals surface area contributed by atoms with Crippen molar-refractivity contribution in [2.75, 3.05) is 11.9 Å². The highest BCUT2D eigenvalue weighted by atomic mass is 79.9. The molecule has 0 atom stereocenters. The van der Waals surface area contributed by atoms with Crippen LogP contribution in [-0.2, 0) is 14.4 Å². The molecule has 2 rings (SSSR count). The van der Waals surface area contributed by atoms with Crippen LogP contribution in [0.5, 0.6) is 5.75 Å². The van der Waals surface area contributed by atoms with Crippen LogP contribution in [0.1, 0.15) is 29.5 Å². The quantitative estimate of drug-likeness (QED) is 0.550. The van der Waals surface area contributed by atoms with Crippen molar-refractivity contribution < 1.29 is 19.1 Å². The zero-order valence-corrected chi connectivity index (χ0v) is 18.2. The zero-order chi connectivity index (χ0) is 21.4. The van der Waals surface area contributed by atoms with Gasteiger partial charge in [0.05, 0.1) is 4.47 Å². The highest BCUT2D eigenvalue weighted by Crippen LogP contribution is 2.25. The molecule has 0 aliphatic heterocycles. The number of hydrogen-bond acceptors (Lipinski definition) is 4. The number of carbonyl (C=O) groups excluding carboxylic acids is 3. The van der Waals surface area contributed by atoms with Gasteiger partial charge < -0.3 is 10.1 Å². The fraction of sp³-hybridized carbons (Fsp3) is 0.286. The summed E-state index contributed by atoms with van der Waals surface area (Å²) in [4.78, 5) is 35.6. The molecule has 8 heteroatoms. The number of ether oxygens (including phenoxy) is 1. The third-order valence-electron chi connectivity index (χ3n) is 4.16. The number of aryl methyl sites for hydroxylation is 3. The van der Waals surface area contributed by atoms with Gasteiger partial charge in [0.2, 0.25) is 11.8 Å². The first-order chi connectivity index (χ1) is 13.7. The summed E-state index contributed by atoms with van der Waals surface area (Å²) < 4.78 is 6.13. The molecule has 0 aliphatic rings. The number of nitrogens with one attached hydrogen (secondary N) is 3. The van der Waals surface area contributed by atoms with E-state index in [2.05, 4.69) is 32.1 Å². The van der Waals surface area contributed by atoms with Crippen molar-refractivity contribution in [1.82, 2.24) is 10.9 Å². The van der Waals surface area contributed by atoms with E-state index in [1.54, 1.807) is 6.07 Å². The number of carbonyl (C=O) groups is 3. The van der Waals surface area contributed by atoms with Crippen LogP contribution in [0.3, 0.4) is 0 Å². The van der Waals surface area contributed by atoms with Crippen LogP contribution >= 0.6 is 15.9 Å². The maximum atomic E-state index is 12.0. The van der Waals surface area contributed by atoms with Gasteiger partial charge in [0, 0.05) is 18.5 Å². The minimum absolute atomic E-state index is 0.00143. The topological polar surface area (TPSA) is 96.5 Å². The first kappa shape index (κ1) is 22.4. The fourth-order valence-corrected chi connectivity index (χ4v) is 2.98. The molecule has 29 heavy (non-hydrogen) atoms. The van der Waals surface area contributed by atoms with Crippen LogP contribution in [0.4, 0.5) is 5.69 Å². The van der Waals surface area contributed by atoms with Crippen molar-refractivity contribution in [3.05, 3.63) is 57.6 Å². The van der Waals surface area contributed by atoms with E-state index >= 15 is 0 Å². The lowest BCUT2D eigenvalue weighted by atomic mass is 10.1. The Bertz CT molecular complexity index is 915. The van der Waals surface area contributed by atoms with Gasteiger partial charge in [-0.05, 0) is 77.7 Å². The number of amides is 3. The second-order valence-electron chi connectivity index (χ2n) is 6.67. The first-order valence-corrected chi connectivity index (χ1v) is 9.87. The van der Waals surface area contributed by atoms with Crippen molar-refractivity contribution in [2.45, 2.75) is 33.6 Å². The summed E-state index contributed by atoms with van der Waals surface area (Å²) in [6.07, 6.45) is -0.0528. The van der Waals surface area contributed by atoms with Gasteiger partial charge in [-0.3, -0.25) is 25.2 Å². The summed E-state index contributed by atoms with van der Waals surface area (Å²) in [7, 11) is 0. The summed E-state index contributed by atoms with van der Waals surface area (Å²) in [6.45, 7) is 5.64. The Morgan fingerprint density at radius 2 is 1.55 bits per heavy atom. The molecule has 0 aliphatic carbocycles. The molecule has 3 amide bonds. The average Bonchev–Trinajstić information content (AvgIpc) is 2.67. The second kappa shape index (κ2) is 10.6. The monoisotopic (exact) mass is 461 g/mol. The maximum absolute atomic E-state index is 12.0. The summed E-state index contributed by atoms with van der Waals surface area (Å²) >= 11 is 3.36. The summed E-state index contributed by atoms with van der Waals surface area (Å²) in [5.74, 6) is -0.724. The van der Waals surface area contributed by atoms with E-state index in [1.807, 2.05) is 51.1 Å². The molecule has 0 radical (unpaired) electrons. The van der Waals surface area contributed by atoms with Crippen molar-refractivity contribution in [3.8, 4) is 5.75 Å². The van der Waals surface area contributed by atoms with E-state index in [1.165, 1.54) is 0 Å². The molecule has 2 aromatic rings. The molecule has 0 heterocycles. The van der Waals surface area contributed by atoms with E-state index in [-0.39, 0.29) is 25.4 Å². The Morgan fingerprint density at radius 1 is 0.862 bits per heavy atom. The normalized spacial score (nSPS) is 10.2. The van der Waals surface area contributed by atoms with Gasteiger partial charge in [-0.1, -0.05) is 12.1 Å². The van der Waals surface area contributed by atoms with Crippen LogP contribution in [0.15, 0.2) is 40.9 Å². The fourth-order valence-electron chi connectivity index (χ4n) is 2.37. The molecule has 0 bridgehead atoms. The Balaban J connectivity index is 1.67. The Hall–Kier alpha value is -2.87. The van der Waals surface area contributed by atoms with Gasteiger partial charge in [-0.25, -0.2) is 0 Å². The molecular formula is C21H24BrN3O4. The lowest BCUT2D eigenvalue weighted by molar-refractivity contribution is -0.130. The molecule has 7 nitrogen and oxygen atoms in total. The van der Waals surface area contributed by atoms with Gasteiger partial charge in [0.1, 0.15) is 5.75 Å². The van der Waals surface area contributed by atoms with Gasteiger partial charge in [0.15, 0.2) is 6.61 Å². The van der Waals surface area contributed by atoms with Gasteiger partial charge >= 0.3 is 0 Å². The Kier molecular flexibility index (Phi) is 8.21. The molecule has 0 unspecified atom stereocenters. The number of halogens is 1. The summed E-state index contributed by atoms with van der Waals surface area (Å²) in [6, 6.07) is 11.1. The third kappa shape index (κ3) is 7.57. The van der Waals surface area contributed by atoms with Crippen molar-refractivity contribution in [1.29, 1.82) is 0 Å². The SMILES string of the molecule is Cc1ccc(OCC(=O)NNC(=O)CCC(=O)Nc2ccc(C)c(C)c2)c(Br)c1. The van der Waals surface area contributed by atoms with Crippen LogP contribution in [0.2, 0.25) is 0 Å². The van der Waals surface area contributed by atoms with E-state index in [0.29, 0.717) is 11.4 Å². The van der Waals surface area contributed by atoms with Gasteiger partial charge in [-0.2, -0.15) is 0 Å². The molecule has 0 saturated heterocycles. The molecule has 2 aromatic carbocycles. The first-order valence-electron chi connectivity index (χ1n) is 9.08. The van der Waals surface area contributed by atoms with E-state index in [0.717, 1.165) is 21.2 Å². The number of rotatable bonds is 7. The van der Waals surface area contributed by atoms with Crippen LogP contribution in [0.25, 0.3) is 0 Å². The maximum Gasteiger partial charge on any atom is 0.276 e. The predicted octanol–water partition coefficient (Wildman–Crippen LogP) is 3.32.